The molecule has 2 rings (SSSR count). The highest BCUT2D eigenvalue weighted by molar-refractivity contribution is 5.85. The largest absolute Gasteiger partial charge is 0.508 e. The number of methoxy groups -OCH3 is 1. The molecule has 0 atom stereocenters. The molecule has 2 aromatic rings. The van der Waals surface area contributed by atoms with Gasteiger partial charge in [-0.15, -0.1) is 0 Å². The van der Waals surface area contributed by atoms with Crippen molar-refractivity contribution < 1.29 is 24.3 Å². The number of ether oxygens (including phenoxy) is 2. The molecule has 0 unspecified atom stereocenters. The molecular weight excluding hydrogens is 354 g/mol. The minimum absolute atomic E-state index is 0.0403. The second kappa shape index (κ2) is 9.18. The van der Waals surface area contributed by atoms with E-state index in [4.69, 9.17) is 9.47 Å². The average molecular weight is 373 g/mol. The quantitative estimate of drug-likeness (QED) is 0.416. The van der Waals surface area contributed by atoms with Gasteiger partial charge in [0.2, 0.25) is 11.7 Å². The van der Waals surface area contributed by atoms with Crippen LogP contribution in [0.2, 0.25) is 0 Å². The van der Waals surface area contributed by atoms with Gasteiger partial charge in [0.05, 0.1) is 31.3 Å². The van der Waals surface area contributed by atoms with Gasteiger partial charge in [0, 0.05) is 11.6 Å². The van der Waals surface area contributed by atoms with Crippen molar-refractivity contribution in [2.45, 2.75) is 13.3 Å². The lowest BCUT2D eigenvalue weighted by Gasteiger charge is -2.10. The van der Waals surface area contributed by atoms with E-state index in [-0.39, 0.29) is 41.9 Å². The molecule has 0 heterocycles. The molecule has 142 valence electrons. The second-order valence-electron chi connectivity index (χ2n) is 5.40. The van der Waals surface area contributed by atoms with E-state index < -0.39 is 4.92 Å². The molecule has 9 nitrogen and oxygen atoms in total. The normalized spacial score (nSPS) is 10.6. The first kappa shape index (κ1) is 19.7. The average Bonchev–Trinajstić information content (AvgIpc) is 2.64. The lowest BCUT2D eigenvalue weighted by molar-refractivity contribution is -0.385. The molecule has 2 aromatic carbocycles. The Morgan fingerprint density at radius 1 is 1.33 bits per heavy atom. The van der Waals surface area contributed by atoms with Gasteiger partial charge < -0.3 is 14.6 Å². The molecule has 0 saturated heterocycles. The van der Waals surface area contributed by atoms with E-state index in [1.54, 1.807) is 19.1 Å². The molecule has 0 fully saturated rings. The van der Waals surface area contributed by atoms with Crippen LogP contribution in [-0.4, -0.2) is 35.9 Å². The molecule has 9 heteroatoms. The van der Waals surface area contributed by atoms with Gasteiger partial charge in [0.15, 0.2) is 5.75 Å². The Hall–Kier alpha value is -3.62. The van der Waals surface area contributed by atoms with E-state index >= 15 is 0 Å². The van der Waals surface area contributed by atoms with E-state index in [0.717, 1.165) is 0 Å². The zero-order chi connectivity index (χ0) is 19.8. The number of hydrazone groups is 1. The van der Waals surface area contributed by atoms with E-state index in [2.05, 4.69) is 10.5 Å². The number of benzene rings is 2. The van der Waals surface area contributed by atoms with Crippen LogP contribution in [0.1, 0.15) is 18.1 Å². The number of phenolic OH excluding ortho intramolecular Hbond substituents is 1. The molecule has 0 bridgehead atoms. The maximum atomic E-state index is 11.9. The number of carbonyl (C=O) groups excluding carboxylic acids is 1. The molecule has 0 saturated carbocycles. The van der Waals surface area contributed by atoms with Gasteiger partial charge in [-0.05, 0) is 30.7 Å². The summed E-state index contributed by atoms with van der Waals surface area (Å²) in [5.74, 6) is -0.0194. The number of nitro benzene ring substituents is 1. The monoisotopic (exact) mass is 373 g/mol. The third kappa shape index (κ3) is 5.43. The van der Waals surface area contributed by atoms with Crippen LogP contribution in [0.25, 0.3) is 0 Å². The Balaban J connectivity index is 2.11. The number of amides is 1. The number of nitrogens with one attached hydrogen (secondary N) is 1. The summed E-state index contributed by atoms with van der Waals surface area (Å²) in [5, 5.41) is 24.3. The molecule has 0 radical (unpaired) electrons. The summed E-state index contributed by atoms with van der Waals surface area (Å²) in [4.78, 5) is 22.6. The predicted molar refractivity (Wildman–Crippen MR) is 98.4 cm³/mol. The number of nitrogens with zero attached hydrogens (tertiary/aromatic N) is 2. The smallest absolute Gasteiger partial charge is 0.315 e. The zero-order valence-electron chi connectivity index (χ0n) is 14.8. The Labute approximate surface area is 155 Å². The van der Waals surface area contributed by atoms with Crippen LogP contribution in [0.15, 0.2) is 41.5 Å². The Bertz CT molecular complexity index is 849. The molecule has 27 heavy (non-hydrogen) atoms. The zero-order valence-corrected chi connectivity index (χ0v) is 14.8. The number of aromatic hydroxyl groups is 1. The third-order valence-electron chi connectivity index (χ3n) is 3.47. The molecule has 0 aliphatic heterocycles. The Kier molecular flexibility index (Phi) is 6.70. The predicted octanol–water partition coefficient (Wildman–Crippen LogP) is 2.40. The topological polar surface area (TPSA) is 123 Å². The van der Waals surface area contributed by atoms with Crippen LogP contribution in [0, 0.1) is 10.1 Å². The summed E-state index contributed by atoms with van der Waals surface area (Å²) in [7, 11) is 1.38. The molecule has 2 N–H and O–H groups in total. The van der Waals surface area contributed by atoms with Gasteiger partial charge in [-0.3, -0.25) is 14.9 Å². The number of nitro groups is 1. The molecule has 0 aromatic heterocycles. The van der Waals surface area contributed by atoms with Gasteiger partial charge in [-0.25, -0.2) is 5.43 Å². The maximum absolute atomic E-state index is 11.9. The van der Waals surface area contributed by atoms with Crippen LogP contribution in [0.4, 0.5) is 5.69 Å². The van der Waals surface area contributed by atoms with Crippen LogP contribution in [-0.2, 0) is 11.2 Å². The highest BCUT2D eigenvalue weighted by Gasteiger charge is 2.21. The van der Waals surface area contributed by atoms with Gasteiger partial charge in [0.25, 0.3) is 0 Å². The van der Waals surface area contributed by atoms with Crippen molar-refractivity contribution in [1.29, 1.82) is 0 Å². The van der Waals surface area contributed by atoms with Crippen molar-refractivity contribution >= 4 is 17.8 Å². The van der Waals surface area contributed by atoms with E-state index in [1.807, 2.05) is 0 Å². The number of carbonyl (C=O) groups is 1. The minimum Gasteiger partial charge on any atom is -0.508 e. The van der Waals surface area contributed by atoms with Crippen molar-refractivity contribution in [3.05, 3.63) is 57.6 Å². The van der Waals surface area contributed by atoms with Crippen molar-refractivity contribution in [2.75, 3.05) is 13.7 Å². The van der Waals surface area contributed by atoms with Crippen LogP contribution >= 0.6 is 0 Å². The van der Waals surface area contributed by atoms with Crippen molar-refractivity contribution in [1.82, 2.24) is 5.43 Å². The van der Waals surface area contributed by atoms with E-state index in [9.17, 15) is 20.0 Å². The fourth-order valence-electron chi connectivity index (χ4n) is 2.28. The lowest BCUT2D eigenvalue weighted by Crippen LogP contribution is -2.19. The minimum atomic E-state index is -0.575. The molecule has 1 amide bonds. The SMILES string of the molecule is CCOc1c(OC)cc(/C=N\NC(=O)Cc2ccc(O)cc2)cc1[N+](=O)[O-]. The summed E-state index contributed by atoms with van der Waals surface area (Å²) < 4.78 is 10.4. The van der Waals surface area contributed by atoms with E-state index in [1.165, 1.54) is 37.6 Å². The maximum Gasteiger partial charge on any atom is 0.315 e. The Morgan fingerprint density at radius 3 is 2.63 bits per heavy atom. The summed E-state index contributed by atoms with van der Waals surface area (Å²) >= 11 is 0. The molecule has 0 aliphatic carbocycles. The van der Waals surface area contributed by atoms with Gasteiger partial charge >= 0.3 is 5.69 Å². The van der Waals surface area contributed by atoms with Crippen LogP contribution < -0.4 is 14.9 Å². The fourth-order valence-corrected chi connectivity index (χ4v) is 2.28. The molecule has 0 aliphatic rings. The third-order valence-corrected chi connectivity index (χ3v) is 3.47. The number of hydrogen-bond acceptors (Lipinski definition) is 7. The first-order valence-corrected chi connectivity index (χ1v) is 8.03. The van der Waals surface area contributed by atoms with Crippen molar-refractivity contribution in [2.24, 2.45) is 5.10 Å². The van der Waals surface area contributed by atoms with Gasteiger partial charge in [0.1, 0.15) is 5.75 Å². The first-order chi connectivity index (χ1) is 12.9. The van der Waals surface area contributed by atoms with Crippen molar-refractivity contribution in [3.63, 3.8) is 0 Å². The van der Waals surface area contributed by atoms with Crippen LogP contribution in [0.3, 0.4) is 0 Å². The highest BCUT2D eigenvalue weighted by atomic mass is 16.6. The number of hydrogen-bond donors (Lipinski definition) is 2. The Morgan fingerprint density at radius 2 is 2.04 bits per heavy atom. The summed E-state index contributed by atoms with van der Waals surface area (Å²) in [6.45, 7) is 1.96. The lowest BCUT2D eigenvalue weighted by atomic mass is 10.1. The summed E-state index contributed by atoms with van der Waals surface area (Å²) in [6, 6.07) is 9.02. The highest BCUT2D eigenvalue weighted by Crippen LogP contribution is 2.37. The van der Waals surface area contributed by atoms with Crippen LogP contribution in [0.5, 0.6) is 17.2 Å². The summed E-state index contributed by atoms with van der Waals surface area (Å²) in [6.07, 6.45) is 1.35. The number of rotatable bonds is 8. The fraction of sp³-hybridized carbons (Fsp3) is 0.222. The van der Waals surface area contributed by atoms with E-state index in [0.29, 0.717) is 11.1 Å². The molecule has 0 spiro atoms. The number of phenols is 1. The van der Waals surface area contributed by atoms with Gasteiger partial charge in [-0.1, -0.05) is 12.1 Å². The van der Waals surface area contributed by atoms with Crippen molar-refractivity contribution in [3.8, 4) is 17.2 Å². The second-order valence-corrected chi connectivity index (χ2v) is 5.40. The van der Waals surface area contributed by atoms with Gasteiger partial charge in [-0.2, -0.15) is 5.10 Å². The molecular formula is C18H19N3O6. The summed E-state index contributed by atoms with van der Waals surface area (Å²) in [5.41, 5.74) is 3.16. The standard InChI is InChI=1S/C18H19N3O6/c1-3-27-18-15(21(24)25)8-13(9-16(18)26-2)11-19-20-17(23)10-12-4-6-14(22)7-5-12/h4-9,11,22H,3,10H2,1-2H3,(H,20,23)/b19-11-. The first-order valence-electron chi connectivity index (χ1n) is 8.03.